The number of hydrogen-bond acceptors (Lipinski definition) is 3. The molecule has 0 saturated carbocycles. The van der Waals surface area contributed by atoms with Gasteiger partial charge in [-0.3, -0.25) is 9.98 Å². The fourth-order valence-electron chi connectivity index (χ4n) is 3.51. The highest BCUT2D eigenvalue weighted by atomic mass is 19.4. The third-order valence-corrected chi connectivity index (χ3v) is 5.09. The van der Waals surface area contributed by atoms with Gasteiger partial charge in [0.1, 0.15) is 11.6 Å². The van der Waals surface area contributed by atoms with Crippen molar-refractivity contribution in [1.82, 2.24) is 4.98 Å². The molecule has 2 aromatic carbocycles. The average Bonchev–Trinajstić information content (AvgIpc) is 2.70. The maximum atomic E-state index is 13.8. The Morgan fingerprint density at radius 2 is 1.90 bits per heavy atom. The van der Waals surface area contributed by atoms with E-state index in [0.717, 1.165) is 17.0 Å². The van der Waals surface area contributed by atoms with Gasteiger partial charge in [-0.2, -0.15) is 13.2 Å². The maximum absolute atomic E-state index is 13.8. The molecular formula is C23H22F4N2O. The Balaban J connectivity index is 1.95. The normalized spacial score (nSPS) is 13.7. The zero-order valence-electron chi connectivity index (χ0n) is 16.9. The molecule has 0 radical (unpaired) electrons. The number of alkyl halides is 3. The Labute approximate surface area is 172 Å². The molecule has 0 bridgehead atoms. The molecule has 1 atom stereocenters. The minimum absolute atomic E-state index is 0.313. The number of aliphatic imine (C=N–C) groups is 1. The van der Waals surface area contributed by atoms with Gasteiger partial charge < -0.3 is 4.74 Å². The average molecular weight is 418 g/mol. The molecule has 30 heavy (non-hydrogen) atoms. The van der Waals surface area contributed by atoms with E-state index in [0.29, 0.717) is 17.0 Å². The van der Waals surface area contributed by atoms with Gasteiger partial charge in [0.25, 0.3) is 0 Å². The molecule has 0 amide bonds. The van der Waals surface area contributed by atoms with E-state index in [9.17, 15) is 17.6 Å². The van der Waals surface area contributed by atoms with E-state index in [1.54, 1.807) is 44.4 Å². The molecule has 0 N–H and O–H groups in total. The van der Waals surface area contributed by atoms with Crippen LogP contribution in [-0.2, 0) is 5.41 Å². The van der Waals surface area contributed by atoms with Crippen molar-refractivity contribution < 1.29 is 22.3 Å². The van der Waals surface area contributed by atoms with Crippen LogP contribution in [0.1, 0.15) is 25.8 Å². The molecule has 0 fully saturated rings. The van der Waals surface area contributed by atoms with Crippen LogP contribution in [0, 0.1) is 11.7 Å². The summed E-state index contributed by atoms with van der Waals surface area (Å²) < 4.78 is 60.6. The van der Waals surface area contributed by atoms with Gasteiger partial charge in [-0.25, -0.2) is 4.39 Å². The summed E-state index contributed by atoms with van der Waals surface area (Å²) in [5.41, 5.74) is -0.198. The van der Waals surface area contributed by atoms with Crippen LogP contribution in [0.25, 0.3) is 10.8 Å². The zero-order valence-corrected chi connectivity index (χ0v) is 16.9. The molecule has 7 heteroatoms. The molecule has 1 unspecified atom stereocenters. The first-order valence-corrected chi connectivity index (χ1v) is 9.39. The Hall–Kier alpha value is -2.96. The quantitative estimate of drug-likeness (QED) is 0.333. The summed E-state index contributed by atoms with van der Waals surface area (Å²) in [5, 5.41) is 1.51. The smallest absolute Gasteiger partial charge is 0.396 e. The van der Waals surface area contributed by atoms with Gasteiger partial charge in [0.05, 0.1) is 18.7 Å². The second kappa shape index (κ2) is 8.42. The van der Waals surface area contributed by atoms with E-state index in [1.807, 2.05) is 6.07 Å². The number of pyridine rings is 1. The van der Waals surface area contributed by atoms with Gasteiger partial charge in [0.2, 0.25) is 0 Å². The molecule has 1 aromatic heterocycles. The minimum Gasteiger partial charge on any atom is -0.496 e. The molecule has 3 nitrogen and oxygen atoms in total. The third-order valence-electron chi connectivity index (χ3n) is 5.09. The number of aromatic nitrogens is 1. The third kappa shape index (κ3) is 4.78. The van der Waals surface area contributed by atoms with Crippen LogP contribution >= 0.6 is 0 Å². The molecule has 0 aliphatic heterocycles. The van der Waals surface area contributed by atoms with Crippen LogP contribution in [-0.4, -0.2) is 24.5 Å². The van der Waals surface area contributed by atoms with Gasteiger partial charge in [-0.15, -0.1) is 0 Å². The standard InChI is InChI=1S/C23H22F4N2O/c1-22(2,19-11-17(24)7-8-21(19)30-3)12-16(23(25,26)27)14-29-20-6-4-5-15-13-28-10-9-18(15)20/h4-11,13-14,16H,12H2,1-3H3. The largest absolute Gasteiger partial charge is 0.496 e. The van der Waals surface area contributed by atoms with Crippen molar-refractivity contribution in [3.8, 4) is 5.75 Å². The monoisotopic (exact) mass is 418 g/mol. The first-order chi connectivity index (χ1) is 14.1. The summed E-state index contributed by atoms with van der Waals surface area (Å²) in [7, 11) is 1.41. The van der Waals surface area contributed by atoms with Gasteiger partial charge in [0, 0.05) is 34.9 Å². The second-order valence-corrected chi connectivity index (χ2v) is 7.73. The molecule has 0 spiro atoms. The Morgan fingerprint density at radius 1 is 1.13 bits per heavy atom. The SMILES string of the molecule is COc1ccc(F)cc1C(C)(C)CC(C=Nc1cccc2cnccc12)C(F)(F)F. The van der Waals surface area contributed by atoms with E-state index in [-0.39, 0.29) is 6.42 Å². The van der Waals surface area contributed by atoms with Crippen molar-refractivity contribution in [2.75, 3.05) is 7.11 Å². The number of hydrogen-bond donors (Lipinski definition) is 0. The van der Waals surface area contributed by atoms with Crippen LogP contribution in [0.4, 0.5) is 23.2 Å². The topological polar surface area (TPSA) is 34.5 Å². The predicted octanol–water partition coefficient (Wildman–Crippen LogP) is 6.63. The molecule has 158 valence electrons. The first kappa shape index (κ1) is 21.7. The van der Waals surface area contributed by atoms with Crippen molar-refractivity contribution in [2.45, 2.75) is 31.9 Å². The van der Waals surface area contributed by atoms with Crippen LogP contribution < -0.4 is 4.74 Å². The Morgan fingerprint density at radius 3 is 2.60 bits per heavy atom. The van der Waals surface area contributed by atoms with Gasteiger partial charge >= 0.3 is 6.18 Å². The number of ether oxygens (including phenoxy) is 1. The predicted molar refractivity (Wildman–Crippen MR) is 110 cm³/mol. The number of rotatable bonds is 6. The summed E-state index contributed by atoms with van der Waals surface area (Å²) >= 11 is 0. The van der Waals surface area contributed by atoms with Crippen LogP contribution in [0.3, 0.4) is 0 Å². The Bertz CT molecular complexity index is 1060. The fourth-order valence-corrected chi connectivity index (χ4v) is 3.51. The highest BCUT2D eigenvalue weighted by molar-refractivity contribution is 5.93. The second-order valence-electron chi connectivity index (χ2n) is 7.73. The number of benzene rings is 2. The highest BCUT2D eigenvalue weighted by Gasteiger charge is 2.42. The maximum Gasteiger partial charge on any atom is 0.396 e. The van der Waals surface area contributed by atoms with Crippen molar-refractivity contribution in [3.05, 3.63) is 66.2 Å². The summed E-state index contributed by atoms with van der Waals surface area (Å²) in [6.45, 7) is 3.28. The number of fused-ring (bicyclic) bond motifs is 1. The molecule has 3 aromatic rings. The molecule has 0 saturated heterocycles. The van der Waals surface area contributed by atoms with E-state index >= 15 is 0 Å². The van der Waals surface area contributed by atoms with Gasteiger partial charge in [-0.1, -0.05) is 26.0 Å². The van der Waals surface area contributed by atoms with Crippen molar-refractivity contribution in [3.63, 3.8) is 0 Å². The summed E-state index contributed by atoms with van der Waals surface area (Å²) in [6.07, 6.45) is -0.681. The molecule has 0 aliphatic carbocycles. The lowest BCUT2D eigenvalue weighted by atomic mass is 9.76. The van der Waals surface area contributed by atoms with Crippen molar-refractivity contribution in [1.29, 1.82) is 0 Å². The molecular weight excluding hydrogens is 396 g/mol. The summed E-state index contributed by atoms with van der Waals surface area (Å²) in [4.78, 5) is 8.18. The van der Waals surface area contributed by atoms with Gasteiger partial charge in [-0.05, 0) is 42.2 Å². The van der Waals surface area contributed by atoms with E-state index in [1.165, 1.54) is 25.3 Å². The lowest BCUT2D eigenvalue weighted by molar-refractivity contribution is -0.158. The molecule has 0 aliphatic rings. The summed E-state index contributed by atoms with van der Waals surface area (Å²) in [5.74, 6) is -2.00. The lowest BCUT2D eigenvalue weighted by Crippen LogP contribution is -2.32. The fraction of sp³-hybridized carbons (Fsp3) is 0.304. The van der Waals surface area contributed by atoms with Crippen molar-refractivity contribution in [2.24, 2.45) is 10.9 Å². The van der Waals surface area contributed by atoms with Crippen LogP contribution in [0.2, 0.25) is 0 Å². The number of nitrogens with zero attached hydrogens (tertiary/aromatic N) is 2. The van der Waals surface area contributed by atoms with Crippen molar-refractivity contribution >= 4 is 22.7 Å². The van der Waals surface area contributed by atoms with Crippen LogP contribution in [0.5, 0.6) is 5.75 Å². The van der Waals surface area contributed by atoms with Crippen LogP contribution in [0.15, 0.2) is 59.9 Å². The minimum atomic E-state index is -4.51. The molecule has 1 heterocycles. The number of methoxy groups -OCH3 is 1. The first-order valence-electron chi connectivity index (χ1n) is 9.39. The zero-order chi connectivity index (χ0) is 21.9. The highest BCUT2D eigenvalue weighted by Crippen LogP contribution is 2.41. The van der Waals surface area contributed by atoms with E-state index in [2.05, 4.69) is 9.98 Å². The Kier molecular flexibility index (Phi) is 6.10. The van der Waals surface area contributed by atoms with Gasteiger partial charge in [0.15, 0.2) is 0 Å². The van der Waals surface area contributed by atoms with E-state index in [4.69, 9.17) is 4.74 Å². The summed E-state index contributed by atoms with van der Waals surface area (Å²) in [6, 6.07) is 10.8. The number of halogens is 4. The molecule has 3 rings (SSSR count). The lowest BCUT2D eigenvalue weighted by Gasteiger charge is -2.31. The van der Waals surface area contributed by atoms with E-state index < -0.39 is 23.3 Å².